The van der Waals surface area contributed by atoms with Gasteiger partial charge in [-0.25, -0.2) is 13.1 Å². The van der Waals surface area contributed by atoms with Gasteiger partial charge in [0.25, 0.3) is 0 Å². The second-order valence-electron chi connectivity index (χ2n) is 4.46. The first-order chi connectivity index (χ1) is 9.42. The number of ether oxygens (including phenoxy) is 1. The zero-order valence-electron chi connectivity index (χ0n) is 10.8. The van der Waals surface area contributed by atoms with Crippen LogP contribution in [0.1, 0.15) is 12.8 Å². The van der Waals surface area contributed by atoms with Gasteiger partial charge in [-0.3, -0.25) is 4.79 Å². The number of sulfonamides is 1. The molecule has 0 aromatic heterocycles. The fourth-order valence-corrected chi connectivity index (χ4v) is 3.95. The highest BCUT2D eigenvalue weighted by Gasteiger charge is 2.26. The molecule has 8 heteroatoms. The number of carbonyl (C=O) groups is 1. The second-order valence-corrected chi connectivity index (χ2v) is 7.05. The molecule has 1 heterocycles. The van der Waals surface area contributed by atoms with E-state index in [2.05, 4.69) is 26.0 Å². The number of methoxy groups -OCH3 is 1. The average molecular weight is 363 g/mol. The van der Waals surface area contributed by atoms with Crippen molar-refractivity contribution in [2.24, 2.45) is 0 Å². The van der Waals surface area contributed by atoms with Crippen LogP contribution in [0.5, 0.6) is 5.75 Å². The van der Waals surface area contributed by atoms with E-state index in [0.29, 0.717) is 23.9 Å². The maximum atomic E-state index is 12.4. The van der Waals surface area contributed by atoms with E-state index in [1.54, 1.807) is 12.1 Å². The van der Waals surface area contributed by atoms with Crippen molar-refractivity contribution in [3.63, 3.8) is 0 Å². The Balaban J connectivity index is 2.22. The third-order valence-corrected chi connectivity index (χ3v) is 5.04. The molecule has 2 N–H and O–H groups in total. The fraction of sp³-hybridized carbons (Fsp3) is 0.417. The van der Waals surface area contributed by atoms with Crippen molar-refractivity contribution >= 4 is 31.9 Å². The summed E-state index contributed by atoms with van der Waals surface area (Å²) in [6, 6.07) is 4.48. The van der Waals surface area contributed by atoms with Gasteiger partial charge in [-0.2, -0.15) is 0 Å². The van der Waals surface area contributed by atoms with Crippen molar-refractivity contribution in [2.75, 3.05) is 13.7 Å². The monoisotopic (exact) mass is 362 g/mol. The van der Waals surface area contributed by atoms with Crippen molar-refractivity contribution in [2.45, 2.75) is 23.8 Å². The standard InChI is InChI=1S/C12H15BrN2O4S/c1-19-10-4-2-8(13)6-11(10)20(17,18)15-9-3-5-12(16)14-7-9/h2,4,6,9,15H,3,5,7H2,1H3,(H,14,16). The molecule has 0 radical (unpaired) electrons. The van der Waals surface area contributed by atoms with Crippen molar-refractivity contribution in [3.05, 3.63) is 22.7 Å². The number of rotatable bonds is 4. The van der Waals surface area contributed by atoms with Gasteiger partial charge in [0.05, 0.1) is 7.11 Å². The van der Waals surface area contributed by atoms with Gasteiger partial charge in [0, 0.05) is 23.5 Å². The Morgan fingerprint density at radius 3 is 2.80 bits per heavy atom. The topological polar surface area (TPSA) is 84.5 Å². The highest BCUT2D eigenvalue weighted by molar-refractivity contribution is 9.10. The molecule has 1 amide bonds. The first kappa shape index (κ1) is 15.3. The van der Waals surface area contributed by atoms with Crippen molar-refractivity contribution < 1.29 is 17.9 Å². The molecule has 0 spiro atoms. The zero-order valence-corrected chi connectivity index (χ0v) is 13.3. The van der Waals surface area contributed by atoms with Crippen LogP contribution in [0, 0.1) is 0 Å². The number of halogens is 1. The lowest BCUT2D eigenvalue weighted by molar-refractivity contribution is -0.122. The van der Waals surface area contributed by atoms with Gasteiger partial charge in [0.1, 0.15) is 10.6 Å². The van der Waals surface area contributed by atoms with E-state index in [0.717, 1.165) is 0 Å². The maximum Gasteiger partial charge on any atom is 0.244 e. The van der Waals surface area contributed by atoms with Gasteiger partial charge in [0.15, 0.2) is 0 Å². The van der Waals surface area contributed by atoms with Gasteiger partial charge in [0.2, 0.25) is 15.9 Å². The Kier molecular flexibility index (Phi) is 4.66. The minimum Gasteiger partial charge on any atom is -0.495 e. The van der Waals surface area contributed by atoms with E-state index in [1.165, 1.54) is 13.2 Å². The molecule has 1 atom stereocenters. The third-order valence-electron chi connectivity index (χ3n) is 3.00. The van der Waals surface area contributed by atoms with Crippen LogP contribution in [-0.4, -0.2) is 34.0 Å². The van der Waals surface area contributed by atoms with E-state index >= 15 is 0 Å². The van der Waals surface area contributed by atoms with Crippen LogP contribution < -0.4 is 14.8 Å². The quantitative estimate of drug-likeness (QED) is 0.837. The van der Waals surface area contributed by atoms with Crippen molar-refractivity contribution in [1.82, 2.24) is 10.0 Å². The van der Waals surface area contributed by atoms with Crippen LogP contribution >= 0.6 is 15.9 Å². The molecule has 0 saturated carbocycles. The fourth-order valence-electron chi connectivity index (χ4n) is 1.98. The van der Waals surface area contributed by atoms with E-state index in [1.807, 2.05) is 0 Å². The summed E-state index contributed by atoms with van der Waals surface area (Å²) in [6.07, 6.45) is 0.810. The highest BCUT2D eigenvalue weighted by atomic mass is 79.9. The van der Waals surface area contributed by atoms with E-state index < -0.39 is 10.0 Å². The number of nitrogens with one attached hydrogen (secondary N) is 2. The number of hydrogen-bond acceptors (Lipinski definition) is 4. The summed E-state index contributed by atoms with van der Waals surface area (Å²) < 4.78 is 33.1. The number of benzene rings is 1. The largest absolute Gasteiger partial charge is 0.495 e. The molecular weight excluding hydrogens is 348 g/mol. The first-order valence-electron chi connectivity index (χ1n) is 6.05. The molecule has 0 aliphatic carbocycles. The molecule has 1 aromatic carbocycles. The predicted octanol–water partition coefficient (Wildman–Crippen LogP) is 1.01. The lowest BCUT2D eigenvalue weighted by Gasteiger charge is -2.23. The molecule has 6 nitrogen and oxygen atoms in total. The van der Waals surface area contributed by atoms with Crippen LogP contribution in [0.15, 0.2) is 27.6 Å². The van der Waals surface area contributed by atoms with Crippen LogP contribution in [0.4, 0.5) is 0 Å². The molecule has 1 aliphatic heterocycles. The van der Waals surface area contributed by atoms with Crippen LogP contribution in [-0.2, 0) is 14.8 Å². The lowest BCUT2D eigenvalue weighted by Crippen LogP contribution is -2.47. The SMILES string of the molecule is COc1ccc(Br)cc1S(=O)(=O)NC1CCC(=O)NC1. The average Bonchev–Trinajstić information content (AvgIpc) is 2.41. The highest BCUT2D eigenvalue weighted by Crippen LogP contribution is 2.27. The van der Waals surface area contributed by atoms with E-state index in [9.17, 15) is 13.2 Å². The summed E-state index contributed by atoms with van der Waals surface area (Å²) in [5, 5.41) is 2.64. The van der Waals surface area contributed by atoms with E-state index in [-0.39, 0.29) is 22.6 Å². The van der Waals surface area contributed by atoms with Crippen LogP contribution in [0.3, 0.4) is 0 Å². The molecule has 1 unspecified atom stereocenters. The van der Waals surface area contributed by atoms with Crippen LogP contribution in [0.25, 0.3) is 0 Å². The number of carbonyl (C=O) groups excluding carboxylic acids is 1. The predicted molar refractivity (Wildman–Crippen MR) is 77.0 cm³/mol. The van der Waals surface area contributed by atoms with Gasteiger partial charge < -0.3 is 10.1 Å². The molecule has 110 valence electrons. The van der Waals surface area contributed by atoms with Gasteiger partial charge in [-0.05, 0) is 24.6 Å². The number of hydrogen-bond donors (Lipinski definition) is 2. The summed E-state index contributed by atoms with van der Waals surface area (Å²) in [5.41, 5.74) is 0. The Labute approximate surface area is 126 Å². The van der Waals surface area contributed by atoms with Crippen molar-refractivity contribution in [1.29, 1.82) is 0 Å². The Morgan fingerprint density at radius 1 is 1.45 bits per heavy atom. The molecule has 20 heavy (non-hydrogen) atoms. The van der Waals surface area contributed by atoms with Gasteiger partial charge in [-0.1, -0.05) is 15.9 Å². The van der Waals surface area contributed by atoms with E-state index in [4.69, 9.17) is 4.74 Å². The van der Waals surface area contributed by atoms with Crippen LogP contribution in [0.2, 0.25) is 0 Å². The molecule has 2 rings (SSSR count). The molecule has 1 saturated heterocycles. The van der Waals surface area contributed by atoms with Gasteiger partial charge >= 0.3 is 0 Å². The molecule has 1 fully saturated rings. The normalized spacial score (nSPS) is 19.5. The Bertz CT molecular complexity index is 608. The molecule has 1 aromatic rings. The zero-order chi connectivity index (χ0) is 14.8. The number of amides is 1. The number of piperidine rings is 1. The first-order valence-corrected chi connectivity index (χ1v) is 8.32. The van der Waals surface area contributed by atoms with Gasteiger partial charge in [-0.15, -0.1) is 0 Å². The molecule has 0 bridgehead atoms. The summed E-state index contributed by atoms with van der Waals surface area (Å²) in [6.45, 7) is 0.300. The summed E-state index contributed by atoms with van der Waals surface area (Å²) in [5.74, 6) is 0.223. The second kappa shape index (κ2) is 6.11. The molecular formula is C12H15BrN2O4S. The lowest BCUT2D eigenvalue weighted by atomic mass is 10.1. The molecule has 1 aliphatic rings. The Morgan fingerprint density at radius 2 is 2.20 bits per heavy atom. The van der Waals surface area contributed by atoms with Crippen molar-refractivity contribution in [3.8, 4) is 5.75 Å². The Hall–Kier alpha value is -1.12. The summed E-state index contributed by atoms with van der Waals surface area (Å²) in [4.78, 5) is 11.2. The maximum absolute atomic E-state index is 12.4. The summed E-state index contributed by atoms with van der Waals surface area (Å²) in [7, 11) is -2.28. The third kappa shape index (κ3) is 3.50. The minimum atomic E-state index is -3.70. The minimum absolute atomic E-state index is 0.0551. The smallest absolute Gasteiger partial charge is 0.244 e. The summed E-state index contributed by atoms with van der Waals surface area (Å²) >= 11 is 3.25.